The predicted octanol–water partition coefficient (Wildman–Crippen LogP) is 3.20. The molecule has 0 amide bonds. The molecule has 1 fully saturated rings. The molecule has 0 radical (unpaired) electrons. The number of carbonyl (C=O) groups is 1. The van der Waals surface area contributed by atoms with E-state index in [1.807, 2.05) is 18.7 Å². The number of hydrogen-bond donors (Lipinski definition) is 0. The Morgan fingerprint density at radius 1 is 1.22 bits per heavy atom. The zero-order valence-corrected chi connectivity index (χ0v) is 18.4. The Morgan fingerprint density at radius 3 is 2.47 bits per heavy atom. The number of anilines is 2. The summed E-state index contributed by atoms with van der Waals surface area (Å²) in [4.78, 5) is 21.7. The first kappa shape index (κ1) is 23.9. The molecule has 32 heavy (non-hydrogen) atoms. The molecule has 1 unspecified atom stereocenters. The van der Waals surface area contributed by atoms with Crippen molar-refractivity contribution in [3.05, 3.63) is 41.5 Å². The lowest BCUT2D eigenvalue weighted by Gasteiger charge is -2.44. The monoisotopic (exact) mass is 474 g/mol. The molecule has 0 spiro atoms. The highest BCUT2D eigenvalue weighted by Crippen LogP contribution is 2.33. The van der Waals surface area contributed by atoms with E-state index >= 15 is 0 Å². The normalized spacial score (nSPS) is 17.7. The average molecular weight is 474 g/mol. The maximum Gasteiger partial charge on any atom is 0.434 e. The molecule has 1 saturated heterocycles. The molecule has 0 aliphatic carbocycles. The van der Waals surface area contributed by atoms with Crippen LogP contribution in [0.5, 0.6) is 0 Å². The predicted molar refractivity (Wildman–Crippen MR) is 110 cm³/mol. The molecule has 2 heterocycles. The number of nitrogens with zero attached hydrogens (tertiary/aromatic N) is 4. The van der Waals surface area contributed by atoms with Crippen molar-refractivity contribution in [3.8, 4) is 0 Å². The fraction of sp³-hybridized carbons (Fsp3) is 0.450. The van der Waals surface area contributed by atoms with Crippen LogP contribution in [0.4, 0.5) is 29.2 Å². The van der Waals surface area contributed by atoms with Gasteiger partial charge in [-0.3, -0.25) is 4.79 Å². The number of alkyl halides is 3. The molecule has 0 bridgehead atoms. The Kier molecular flexibility index (Phi) is 6.45. The molecular formula is C20H22F4N4O3S. The van der Waals surface area contributed by atoms with Gasteiger partial charge in [0.25, 0.3) is 0 Å². The van der Waals surface area contributed by atoms with Gasteiger partial charge in [-0.25, -0.2) is 22.8 Å². The summed E-state index contributed by atoms with van der Waals surface area (Å²) in [6.07, 6.45) is -2.96. The summed E-state index contributed by atoms with van der Waals surface area (Å²) in [5.41, 5.74) is -1.44. The topological polar surface area (TPSA) is 83.5 Å². The van der Waals surface area contributed by atoms with E-state index in [1.54, 1.807) is 4.90 Å². The maximum absolute atomic E-state index is 14.0. The van der Waals surface area contributed by atoms with Crippen LogP contribution in [0.1, 0.15) is 29.9 Å². The zero-order chi connectivity index (χ0) is 23.8. The molecule has 1 aromatic heterocycles. The van der Waals surface area contributed by atoms with E-state index in [4.69, 9.17) is 0 Å². The molecule has 1 aliphatic heterocycles. The summed E-state index contributed by atoms with van der Waals surface area (Å²) in [5, 5.41) is 0. The minimum atomic E-state index is -4.81. The van der Waals surface area contributed by atoms with Crippen molar-refractivity contribution < 1.29 is 30.8 Å². The van der Waals surface area contributed by atoms with Crippen LogP contribution in [-0.4, -0.2) is 56.6 Å². The maximum atomic E-state index is 14.0. The molecule has 0 N–H and O–H groups in total. The van der Waals surface area contributed by atoms with Crippen LogP contribution in [0.3, 0.4) is 0 Å². The number of piperazine rings is 1. The van der Waals surface area contributed by atoms with Gasteiger partial charge in [-0.2, -0.15) is 13.2 Å². The van der Waals surface area contributed by atoms with Gasteiger partial charge in [0.15, 0.2) is 21.8 Å². The van der Waals surface area contributed by atoms with Crippen molar-refractivity contribution >= 4 is 27.8 Å². The Bertz CT molecular complexity index is 1120. The van der Waals surface area contributed by atoms with Crippen LogP contribution in [0.25, 0.3) is 0 Å². The molecule has 2 aromatic rings. The average Bonchev–Trinajstić information content (AvgIpc) is 2.71. The number of hydrogen-bond acceptors (Lipinski definition) is 7. The van der Waals surface area contributed by atoms with Gasteiger partial charge >= 0.3 is 6.18 Å². The second-order valence-corrected chi connectivity index (χ2v) is 9.91. The fourth-order valence-electron chi connectivity index (χ4n) is 3.67. The minimum absolute atomic E-state index is 0.0312. The van der Waals surface area contributed by atoms with Crippen molar-refractivity contribution in [1.82, 2.24) is 9.97 Å². The molecule has 3 rings (SSSR count). The van der Waals surface area contributed by atoms with Crippen LogP contribution >= 0.6 is 0 Å². The molecule has 12 heteroatoms. The second-order valence-electron chi connectivity index (χ2n) is 7.93. The quantitative estimate of drug-likeness (QED) is 0.486. The SMILES string of the molecule is CC(C)C1CN(c2ccc(F)c(S(C)(=O)=O)c2)CCN1c1ncc(C=O)c(C(F)(F)F)n1. The van der Waals surface area contributed by atoms with E-state index in [1.165, 1.54) is 12.1 Å². The highest BCUT2D eigenvalue weighted by atomic mass is 32.2. The first-order valence-corrected chi connectivity index (χ1v) is 11.6. The van der Waals surface area contributed by atoms with Crippen LogP contribution in [0.2, 0.25) is 0 Å². The number of aromatic nitrogens is 2. The molecule has 1 aliphatic rings. The highest BCUT2D eigenvalue weighted by Gasteiger charge is 2.38. The summed E-state index contributed by atoms with van der Waals surface area (Å²) >= 11 is 0. The van der Waals surface area contributed by atoms with Crippen molar-refractivity contribution in [2.75, 3.05) is 35.7 Å². The zero-order valence-electron chi connectivity index (χ0n) is 17.6. The summed E-state index contributed by atoms with van der Waals surface area (Å²) in [6, 6.07) is 3.49. The van der Waals surface area contributed by atoms with E-state index < -0.39 is 38.0 Å². The third-order valence-electron chi connectivity index (χ3n) is 5.32. The molecule has 1 aromatic carbocycles. The van der Waals surface area contributed by atoms with Gasteiger partial charge < -0.3 is 9.80 Å². The summed E-state index contributed by atoms with van der Waals surface area (Å²) in [7, 11) is -3.77. The molecule has 1 atom stereocenters. The molecule has 174 valence electrons. The lowest BCUT2D eigenvalue weighted by molar-refractivity contribution is -0.141. The number of halogens is 4. The van der Waals surface area contributed by atoms with E-state index in [2.05, 4.69) is 9.97 Å². The van der Waals surface area contributed by atoms with E-state index in [0.29, 0.717) is 18.8 Å². The van der Waals surface area contributed by atoms with Crippen molar-refractivity contribution in [1.29, 1.82) is 0 Å². The Hall–Kier alpha value is -2.76. The molecule has 0 saturated carbocycles. The van der Waals surface area contributed by atoms with Gasteiger partial charge in [-0.05, 0) is 24.1 Å². The van der Waals surface area contributed by atoms with Crippen LogP contribution < -0.4 is 9.80 Å². The van der Waals surface area contributed by atoms with Crippen LogP contribution in [0, 0.1) is 11.7 Å². The summed E-state index contributed by atoms with van der Waals surface area (Å²) in [6.45, 7) is 4.66. The van der Waals surface area contributed by atoms with Crippen LogP contribution in [-0.2, 0) is 16.0 Å². The van der Waals surface area contributed by atoms with Crippen molar-refractivity contribution in [2.24, 2.45) is 5.92 Å². The fourth-order valence-corrected chi connectivity index (χ4v) is 4.43. The van der Waals surface area contributed by atoms with Gasteiger partial charge in [-0.15, -0.1) is 0 Å². The number of carbonyl (C=O) groups excluding carboxylic acids is 1. The first-order chi connectivity index (χ1) is 14.8. The summed E-state index contributed by atoms with van der Waals surface area (Å²) in [5.74, 6) is -1.02. The van der Waals surface area contributed by atoms with Crippen molar-refractivity contribution in [3.63, 3.8) is 0 Å². The number of benzene rings is 1. The smallest absolute Gasteiger partial charge is 0.368 e. The Balaban J connectivity index is 1.94. The molecular weight excluding hydrogens is 452 g/mol. The van der Waals surface area contributed by atoms with Gasteiger partial charge in [0, 0.05) is 37.8 Å². The standard InChI is InChI=1S/C20H22F4N4O3S/c1-12(2)16-10-27(14-4-5-15(21)17(8-14)32(3,30)31)6-7-28(16)19-25-9-13(11-29)18(26-19)20(22,23)24/h4-5,8-9,11-12,16H,6-7,10H2,1-3H3. The van der Waals surface area contributed by atoms with E-state index in [-0.39, 0.29) is 30.7 Å². The third-order valence-corrected chi connectivity index (χ3v) is 6.44. The van der Waals surface area contributed by atoms with Crippen LogP contribution in [0.15, 0.2) is 29.3 Å². The highest BCUT2D eigenvalue weighted by molar-refractivity contribution is 7.90. The van der Waals surface area contributed by atoms with E-state index in [0.717, 1.165) is 18.5 Å². The number of sulfone groups is 1. The largest absolute Gasteiger partial charge is 0.434 e. The third kappa shape index (κ3) is 4.84. The number of aldehydes is 1. The molecule has 7 nitrogen and oxygen atoms in total. The van der Waals surface area contributed by atoms with Gasteiger partial charge in [-0.1, -0.05) is 13.8 Å². The minimum Gasteiger partial charge on any atom is -0.368 e. The Labute approximate surface area is 183 Å². The van der Waals surface area contributed by atoms with Gasteiger partial charge in [0.2, 0.25) is 5.95 Å². The Morgan fingerprint density at radius 2 is 1.91 bits per heavy atom. The van der Waals surface area contributed by atoms with Gasteiger partial charge in [0.1, 0.15) is 10.7 Å². The first-order valence-electron chi connectivity index (χ1n) is 9.73. The lowest BCUT2D eigenvalue weighted by Crippen LogP contribution is -2.56. The van der Waals surface area contributed by atoms with Gasteiger partial charge in [0.05, 0.1) is 11.6 Å². The summed E-state index contributed by atoms with van der Waals surface area (Å²) < 4.78 is 77.7. The van der Waals surface area contributed by atoms with E-state index in [9.17, 15) is 30.8 Å². The second kappa shape index (κ2) is 8.64. The van der Waals surface area contributed by atoms with Crippen molar-refractivity contribution in [2.45, 2.75) is 31.0 Å². The lowest BCUT2D eigenvalue weighted by atomic mass is 9.99. The number of rotatable bonds is 5.